The third kappa shape index (κ3) is 2.91. The number of nitrogens with zero attached hydrogens (tertiary/aromatic N) is 2. The lowest BCUT2D eigenvalue weighted by atomic mass is 10.2. The number of aliphatic hydroxyl groups excluding tert-OH is 1. The molecule has 0 radical (unpaired) electrons. The topological polar surface area (TPSA) is 70.1 Å². The molecule has 2 heterocycles. The molecule has 0 bridgehead atoms. The average Bonchev–Trinajstić information content (AvgIpc) is 2.75. The molecule has 6 nitrogen and oxygen atoms in total. The van der Waals surface area contributed by atoms with Gasteiger partial charge in [0.1, 0.15) is 6.54 Å². The number of hydrogen-bond donors (Lipinski definition) is 1. The van der Waals surface area contributed by atoms with Crippen molar-refractivity contribution in [1.29, 1.82) is 0 Å². The number of carbonyl (C=O) groups is 2. The van der Waals surface area contributed by atoms with Crippen molar-refractivity contribution in [3.8, 4) is 0 Å². The van der Waals surface area contributed by atoms with Gasteiger partial charge in [0.05, 0.1) is 37.5 Å². The summed E-state index contributed by atoms with van der Waals surface area (Å²) < 4.78 is 5.21. The zero-order valence-electron chi connectivity index (χ0n) is 9.50. The van der Waals surface area contributed by atoms with Crippen LogP contribution in [-0.2, 0) is 14.3 Å². The quantitative estimate of drug-likeness (QED) is 0.686. The Morgan fingerprint density at radius 2 is 2.41 bits per heavy atom. The van der Waals surface area contributed by atoms with E-state index in [-0.39, 0.29) is 31.0 Å². The van der Waals surface area contributed by atoms with Gasteiger partial charge in [-0.25, -0.2) is 0 Å². The van der Waals surface area contributed by atoms with Gasteiger partial charge in [-0.2, -0.15) is 0 Å². The second kappa shape index (κ2) is 5.70. The van der Waals surface area contributed by atoms with Gasteiger partial charge in [0.2, 0.25) is 11.8 Å². The molecule has 0 spiro atoms. The normalized spacial score (nSPS) is 25.5. The van der Waals surface area contributed by atoms with E-state index in [1.165, 1.54) is 11.8 Å². The molecule has 7 heteroatoms. The molecule has 0 aromatic carbocycles. The molecular formula is C10H16N2O4S. The van der Waals surface area contributed by atoms with Crippen molar-refractivity contribution in [3.05, 3.63) is 0 Å². The van der Waals surface area contributed by atoms with Crippen LogP contribution < -0.4 is 0 Å². The van der Waals surface area contributed by atoms with E-state index in [9.17, 15) is 9.59 Å². The van der Waals surface area contributed by atoms with Crippen LogP contribution in [0, 0.1) is 0 Å². The highest BCUT2D eigenvalue weighted by atomic mass is 32.2. The molecule has 2 aliphatic rings. The van der Waals surface area contributed by atoms with Crippen LogP contribution >= 0.6 is 11.8 Å². The first kappa shape index (κ1) is 12.7. The number of ether oxygens (including phenoxy) is 1. The highest BCUT2D eigenvalue weighted by molar-refractivity contribution is 8.00. The average molecular weight is 260 g/mol. The van der Waals surface area contributed by atoms with Crippen molar-refractivity contribution >= 4 is 23.6 Å². The molecular weight excluding hydrogens is 244 g/mol. The molecule has 0 aliphatic carbocycles. The molecule has 2 aliphatic heterocycles. The zero-order valence-corrected chi connectivity index (χ0v) is 10.3. The van der Waals surface area contributed by atoms with E-state index in [1.807, 2.05) is 0 Å². The monoisotopic (exact) mass is 260 g/mol. The summed E-state index contributed by atoms with van der Waals surface area (Å²) in [6, 6.07) is -0.276. The molecule has 0 aromatic rings. The number of amides is 2. The van der Waals surface area contributed by atoms with Gasteiger partial charge >= 0.3 is 0 Å². The molecule has 1 unspecified atom stereocenters. The first-order chi connectivity index (χ1) is 8.22. The van der Waals surface area contributed by atoms with Crippen molar-refractivity contribution in [1.82, 2.24) is 9.80 Å². The van der Waals surface area contributed by atoms with Crippen LogP contribution in [0.3, 0.4) is 0 Å². The smallest absolute Gasteiger partial charge is 0.242 e. The van der Waals surface area contributed by atoms with Gasteiger partial charge in [-0.05, 0) is 0 Å². The standard InChI is InChI=1S/C10H16N2O4S/c13-4-8-5-16-2-1-12(8)9(14)3-11-7-17-6-10(11)15/h8,13H,1-7H2. The lowest BCUT2D eigenvalue weighted by Gasteiger charge is -2.35. The Morgan fingerprint density at radius 1 is 1.59 bits per heavy atom. The van der Waals surface area contributed by atoms with E-state index in [4.69, 9.17) is 9.84 Å². The zero-order chi connectivity index (χ0) is 12.3. The maximum absolute atomic E-state index is 12.0. The van der Waals surface area contributed by atoms with Crippen molar-refractivity contribution in [2.24, 2.45) is 0 Å². The number of morpholine rings is 1. The summed E-state index contributed by atoms with van der Waals surface area (Å²) in [5, 5.41) is 9.16. The third-order valence-corrected chi connectivity index (χ3v) is 3.86. The lowest BCUT2D eigenvalue weighted by molar-refractivity contribution is -0.145. The fraction of sp³-hybridized carbons (Fsp3) is 0.800. The van der Waals surface area contributed by atoms with Crippen molar-refractivity contribution in [3.63, 3.8) is 0 Å². The van der Waals surface area contributed by atoms with Gasteiger partial charge in [-0.3, -0.25) is 9.59 Å². The molecule has 1 atom stereocenters. The molecule has 2 saturated heterocycles. The number of thioether (sulfide) groups is 1. The summed E-state index contributed by atoms with van der Waals surface area (Å²) in [6.45, 7) is 1.35. The number of carbonyl (C=O) groups excluding carboxylic acids is 2. The fourth-order valence-corrected chi connectivity index (χ4v) is 2.83. The maximum atomic E-state index is 12.0. The Labute approximate surface area is 104 Å². The second-order valence-corrected chi connectivity index (χ2v) is 5.02. The Hall–Kier alpha value is -0.790. The van der Waals surface area contributed by atoms with E-state index in [0.29, 0.717) is 31.4 Å². The van der Waals surface area contributed by atoms with E-state index in [0.717, 1.165) is 0 Å². The highest BCUT2D eigenvalue weighted by Crippen LogP contribution is 2.15. The van der Waals surface area contributed by atoms with Crippen LogP contribution in [0.25, 0.3) is 0 Å². The van der Waals surface area contributed by atoms with Crippen LogP contribution in [0.2, 0.25) is 0 Å². The van der Waals surface area contributed by atoms with E-state index >= 15 is 0 Å². The minimum atomic E-state index is -0.276. The minimum absolute atomic E-state index is 0.0113. The third-order valence-electron chi connectivity index (χ3n) is 2.91. The molecule has 2 fully saturated rings. The van der Waals surface area contributed by atoms with Gasteiger partial charge in [0.15, 0.2) is 0 Å². The van der Waals surface area contributed by atoms with E-state index < -0.39 is 0 Å². The van der Waals surface area contributed by atoms with Gasteiger partial charge in [0, 0.05) is 6.54 Å². The Bertz CT molecular complexity index is 313. The van der Waals surface area contributed by atoms with Gasteiger partial charge in [-0.1, -0.05) is 0 Å². The molecule has 0 aromatic heterocycles. The minimum Gasteiger partial charge on any atom is -0.394 e. The highest BCUT2D eigenvalue weighted by Gasteiger charge is 2.30. The lowest BCUT2D eigenvalue weighted by Crippen LogP contribution is -2.53. The second-order valence-electron chi connectivity index (χ2n) is 4.07. The van der Waals surface area contributed by atoms with Crippen LogP contribution in [0.4, 0.5) is 0 Å². The van der Waals surface area contributed by atoms with Crippen molar-refractivity contribution in [2.45, 2.75) is 6.04 Å². The molecule has 2 amide bonds. The van der Waals surface area contributed by atoms with Crippen molar-refractivity contribution in [2.75, 3.05) is 44.5 Å². The van der Waals surface area contributed by atoms with Crippen LogP contribution in [0.5, 0.6) is 0 Å². The summed E-state index contributed by atoms with van der Waals surface area (Å²) in [6.07, 6.45) is 0. The molecule has 0 saturated carbocycles. The first-order valence-corrected chi connectivity index (χ1v) is 6.71. The molecule has 17 heavy (non-hydrogen) atoms. The van der Waals surface area contributed by atoms with Crippen molar-refractivity contribution < 1.29 is 19.4 Å². The summed E-state index contributed by atoms with van der Waals surface area (Å²) >= 11 is 1.52. The Morgan fingerprint density at radius 3 is 3.06 bits per heavy atom. The summed E-state index contributed by atoms with van der Waals surface area (Å²) in [7, 11) is 0. The van der Waals surface area contributed by atoms with Crippen LogP contribution in [-0.4, -0.2) is 77.3 Å². The van der Waals surface area contributed by atoms with Gasteiger partial charge < -0.3 is 19.6 Å². The fourth-order valence-electron chi connectivity index (χ4n) is 1.93. The number of aliphatic hydroxyl groups is 1. The first-order valence-electron chi connectivity index (χ1n) is 5.56. The number of hydrogen-bond acceptors (Lipinski definition) is 5. The largest absolute Gasteiger partial charge is 0.394 e. The Balaban J connectivity index is 1.91. The SMILES string of the molecule is O=C1CSCN1CC(=O)N1CCOCC1CO. The molecule has 1 N–H and O–H groups in total. The summed E-state index contributed by atoms with van der Waals surface area (Å²) in [5.41, 5.74) is 0. The summed E-state index contributed by atoms with van der Waals surface area (Å²) in [4.78, 5) is 26.6. The maximum Gasteiger partial charge on any atom is 0.242 e. The summed E-state index contributed by atoms with van der Waals surface area (Å²) in [5.74, 6) is 0.943. The van der Waals surface area contributed by atoms with E-state index in [2.05, 4.69) is 0 Å². The predicted molar refractivity (Wildman–Crippen MR) is 62.4 cm³/mol. The van der Waals surface area contributed by atoms with Crippen LogP contribution in [0.1, 0.15) is 0 Å². The molecule has 2 rings (SSSR count). The van der Waals surface area contributed by atoms with E-state index in [1.54, 1.807) is 9.80 Å². The molecule has 96 valence electrons. The van der Waals surface area contributed by atoms with Gasteiger partial charge in [0.25, 0.3) is 0 Å². The predicted octanol–water partition coefficient (Wildman–Crippen LogP) is -1.26. The van der Waals surface area contributed by atoms with Gasteiger partial charge in [-0.15, -0.1) is 11.8 Å². The van der Waals surface area contributed by atoms with Crippen LogP contribution in [0.15, 0.2) is 0 Å². The number of rotatable bonds is 3. The Kier molecular flexibility index (Phi) is 4.25.